The van der Waals surface area contributed by atoms with Gasteiger partial charge in [-0.2, -0.15) is 7.05 Å². The summed E-state index contributed by atoms with van der Waals surface area (Å²) in [7, 11) is 12.5. The first-order valence-electron chi connectivity index (χ1n) is 5.46. The summed E-state index contributed by atoms with van der Waals surface area (Å²) in [5, 5.41) is 4.15. The molecule has 6 heteroatoms. The molecule has 0 heterocycles. The van der Waals surface area contributed by atoms with E-state index in [1.54, 1.807) is 0 Å². The van der Waals surface area contributed by atoms with Crippen molar-refractivity contribution < 1.29 is 17.0 Å². The van der Waals surface area contributed by atoms with Crippen molar-refractivity contribution in [3.8, 4) is 0 Å². The molecule has 0 aromatic rings. The van der Waals surface area contributed by atoms with Gasteiger partial charge in [-0.25, -0.2) is 0 Å². The van der Waals surface area contributed by atoms with Crippen LogP contribution in [-0.2, 0) is 17.0 Å². The van der Waals surface area contributed by atoms with Crippen LogP contribution in [0, 0.1) is 31.2 Å². The first kappa shape index (κ1) is 18.4. The van der Waals surface area contributed by atoms with Crippen LogP contribution in [0.4, 0.5) is 0 Å². The molecule has 5 radical (unpaired) electrons. The predicted molar refractivity (Wildman–Crippen MR) is 76.4 cm³/mol. The molecule has 0 N–H and O–H groups in total. The van der Waals surface area contributed by atoms with Crippen molar-refractivity contribution in [2.24, 2.45) is 0 Å². The number of hydrogen-bond donors (Lipinski definition) is 0. The fourth-order valence-corrected chi connectivity index (χ4v) is 3.64. The van der Waals surface area contributed by atoms with Gasteiger partial charge in [0.1, 0.15) is 8.24 Å². The molecule has 1 fully saturated rings. The zero-order chi connectivity index (χ0) is 13.3. The van der Waals surface area contributed by atoms with Gasteiger partial charge in [0, 0.05) is 0 Å². The SMILES string of the molecule is C[N-]CCN(C)[Si](C)(C)[C]1[CH][CH][CH][CH]1.[Cl][Ti][Cl]. The van der Waals surface area contributed by atoms with Crippen LogP contribution < -0.4 is 0 Å². The topological polar surface area (TPSA) is 17.3 Å². The summed E-state index contributed by atoms with van der Waals surface area (Å²) in [4.78, 5) is 0. The van der Waals surface area contributed by atoms with E-state index in [0.717, 1.165) is 13.1 Å². The van der Waals surface area contributed by atoms with Gasteiger partial charge in [0.25, 0.3) is 0 Å². The minimum absolute atomic E-state index is 0.556. The van der Waals surface area contributed by atoms with Gasteiger partial charge in [-0.15, -0.1) is 6.54 Å². The maximum atomic E-state index is 4.89. The van der Waals surface area contributed by atoms with Crippen molar-refractivity contribution in [1.82, 2.24) is 4.57 Å². The molecule has 2 nitrogen and oxygen atoms in total. The van der Waals surface area contributed by atoms with Gasteiger partial charge < -0.3 is 9.88 Å². The molecule has 0 saturated heterocycles. The summed E-state index contributed by atoms with van der Waals surface area (Å²) in [5.74, 6) is 0. The van der Waals surface area contributed by atoms with Gasteiger partial charge in [0.2, 0.25) is 0 Å². The van der Waals surface area contributed by atoms with Crippen molar-refractivity contribution in [3.63, 3.8) is 0 Å². The zero-order valence-corrected chi connectivity index (χ0v) is 14.9. The average molecular weight is 327 g/mol. The molecule has 1 rings (SSSR count). The molecule has 1 aliphatic carbocycles. The quantitative estimate of drug-likeness (QED) is 0.707. The molecule has 0 bridgehead atoms. The standard InChI is InChI=1S/C11H20N2Si.2ClH.Ti/c1-12-9-10-13(2)14(3,4)11-7-5-6-8-11;;;/h5-8H,9-10H2,1-4H3;2*1H;/q-1;;;+2/p-2. The maximum absolute atomic E-state index is 4.89. The summed E-state index contributed by atoms with van der Waals surface area (Å²) < 4.78 is 2.48. The second kappa shape index (κ2) is 10.2. The molecule has 0 spiro atoms. The summed E-state index contributed by atoms with van der Waals surface area (Å²) >= 11 is -0.556. The third-order valence-corrected chi connectivity index (χ3v) is 6.86. The predicted octanol–water partition coefficient (Wildman–Crippen LogP) is 3.45. The third-order valence-electron chi connectivity index (χ3n) is 2.98. The number of rotatable bonds is 5. The Morgan fingerprint density at radius 1 is 1.29 bits per heavy atom. The van der Waals surface area contributed by atoms with Gasteiger partial charge in [-0.3, -0.25) is 0 Å². The molecule has 17 heavy (non-hydrogen) atoms. The Morgan fingerprint density at radius 2 is 1.76 bits per heavy atom. The van der Waals surface area contributed by atoms with Crippen molar-refractivity contribution in [1.29, 1.82) is 0 Å². The van der Waals surface area contributed by atoms with Crippen LogP contribution >= 0.6 is 18.6 Å². The zero-order valence-electron chi connectivity index (χ0n) is 10.9. The van der Waals surface area contributed by atoms with Crippen LogP contribution in [0.15, 0.2) is 0 Å². The van der Waals surface area contributed by atoms with Crippen molar-refractivity contribution in [2.75, 3.05) is 27.2 Å². The van der Waals surface area contributed by atoms with E-state index in [4.69, 9.17) is 18.6 Å². The van der Waals surface area contributed by atoms with Crippen molar-refractivity contribution in [3.05, 3.63) is 36.5 Å². The van der Waals surface area contributed by atoms with E-state index >= 15 is 0 Å². The molecule has 0 aliphatic heterocycles. The molecule has 0 aromatic heterocycles. The van der Waals surface area contributed by atoms with E-state index in [9.17, 15) is 0 Å². The molecular formula is C11H20Cl2N2SiTi-. The molecule has 0 amide bonds. The summed E-state index contributed by atoms with van der Waals surface area (Å²) in [6.07, 6.45) is 8.74. The van der Waals surface area contributed by atoms with E-state index in [1.807, 2.05) is 7.05 Å². The summed E-state index contributed by atoms with van der Waals surface area (Å²) in [6, 6.07) is 0. The summed E-state index contributed by atoms with van der Waals surface area (Å²) in [5.41, 5.74) is 1.51. The Balaban J connectivity index is 0.000000770. The molecule has 1 saturated carbocycles. The first-order chi connectivity index (χ1) is 8.00. The minimum atomic E-state index is -1.39. The van der Waals surface area contributed by atoms with Crippen LogP contribution in [0.2, 0.25) is 13.1 Å². The van der Waals surface area contributed by atoms with Gasteiger partial charge >= 0.3 is 35.6 Å². The fraction of sp³-hybridized carbons (Fsp3) is 0.545. The second-order valence-corrected chi connectivity index (χ2v) is 11.3. The Hall–Kier alpha value is 1.43. The van der Waals surface area contributed by atoms with Crippen molar-refractivity contribution >= 4 is 26.8 Å². The third kappa shape index (κ3) is 6.95. The Kier molecular flexibility index (Phi) is 11.1. The number of nitrogens with zero attached hydrogens (tertiary/aromatic N) is 2. The van der Waals surface area contributed by atoms with Crippen LogP contribution in [0.1, 0.15) is 0 Å². The van der Waals surface area contributed by atoms with E-state index in [1.165, 1.54) is 5.54 Å². The fourth-order valence-electron chi connectivity index (χ4n) is 1.53. The molecule has 97 valence electrons. The van der Waals surface area contributed by atoms with Crippen LogP contribution in [0.25, 0.3) is 5.32 Å². The van der Waals surface area contributed by atoms with Gasteiger partial charge in [0.15, 0.2) is 0 Å². The number of likely N-dealkylation sites (N-methyl/N-ethyl adjacent to an activating group) is 2. The van der Waals surface area contributed by atoms with Crippen LogP contribution in [0.3, 0.4) is 0 Å². The Morgan fingerprint density at radius 3 is 2.18 bits per heavy atom. The van der Waals surface area contributed by atoms with Gasteiger partial charge in [0.05, 0.1) is 0 Å². The van der Waals surface area contributed by atoms with Gasteiger partial charge in [-0.05, 0) is 44.8 Å². The van der Waals surface area contributed by atoms with E-state index < -0.39 is 25.3 Å². The molecule has 1 aliphatic rings. The molecule has 0 atom stereocenters. The van der Waals surface area contributed by atoms with E-state index in [0.29, 0.717) is 0 Å². The first-order valence-corrected chi connectivity index (χ1v) is 12.7. The average Bonchev–Trinajstić information content (AvgIpc) is 2.80. The Bertz CT molecular complexity index is 190. The molecule has 0 unspecified atom stereocenters. The monoisotopic (exact) mass is 326 g/mol. The normalized spacial score (nSPS) is 16.9. The van der Waals surface area contributed by atoms with Crippen LogP contribution in [-0.4, -0.2) is 40.0 Å². The van der Waals surface area contributed by atoms with Crippen LogP contribution in [0.5, 0.6) is 0 Å². The van der Waals surface area contributed by atoms with Crippen molar-refractivity contribution in [2.45, 2.75) is 13.1 Å². The molecular weight excluding hydrogens is 307 g/mol. The van der Waals surface area contributed by atoms with E-state index in [2.05, 4.69) is 55.7 Å². The van der Waals surface area contributed by atoms with E-state index in [-0.39, 0.29) is 0 Å². The summed E-state index contributed by atoms with van der Waals surface area (Å²) in [6.45, 7) is 6.78. The van der Waals surface area contributed by atoms with Gasteiger partial charge in [-0.1, -0.05) is 13.1 Å². The second-order valence-electron chi connectivity index (χ2n) is 4.27. The number of hydrogen-bond acceptors (Lipinski definition) is 1. The number of halogens is 2. The molecule has 0 aromatic carbocycles. The Labute approximate surface area is 125 Å².